The molecule has 3 N–H and O–H groups in total. The van der Waals surface area contributed by atoms with Gasteiger partial charge in [-0.2, -0.15) is 23.5 Å². The summed E-state index contributed by atoms with van der Waals surface area (Å²) in [4.78, 5) is 12.0. The van der Waals surface area contributed by atoms with Gasteiger partial charge in [-0.25, -0.2) is 4.68 Å². The number of hydrogen-bond donors (Lipinski definition) is 2. The number of nitrogen functional groups attached to an aromatic ring is 1. The van der Waals surface area contributed by atoms with Gasteiger partial charge in [0.25, 0.3) is 0 Å². The molecule has 1 aliphatic rings. The Morgan fingerprint density at radius 1 is 1.43 bits per heavy atom. The lowest BCUT2D eigenvalue weighted by atomic mass is 9.57. The van der Waals surface area contributed by atoms with Gasteiger partial charge in [0.15, 0.2) is 5.69 Å². The Labute approximate surface area is 167 Å². The summed E-state index contributed by atoms with van der Waals surface area (Å²) in [5.41, 5.74) is 3.27. The summed E-state index contributed by atoms with van der Waals surface area (Å²) in [6.45, 7) is 1.72. The molecule has 2 aromatic rings. The lowest BCUT2D eigenvalue weighted by Crippen LogP contribution is -2.50. The number of halogens is 5. The molecule has 28 heavy (non-hydrogen) atoms. The fourth-order valence-electron chi connectivity index (χ4n) is 3.57. The number of nitrogens with zero attached hydrogens (tertiary/aromatic N) is 3. The Morgan fingerprint density at radius 2 is 2.00 bits per heavy atom. The van der Waals surface area contributed by atoms with E-state index >= 15 is 0 Å². The molecule has 1 fully saturated rings. The topological polar surface area (TPSA) is 105 Å². The molecule has 0 aliphatic heterocycles. The Kier molecular flexibility index (Phi) is 4.76. The second kappa shape index (κ2) is 6.57. The molecule has 2 unspecified atom stereocenters. The molecule has 1 aromatic heterocycles. The second-order valence-corrected chi connectivity index (χ2v) is 7.45. The number of aliphatic carboxylic acids is 1. The van der Waals surface area contributed by atoms with E-state index in [2.05, 4.69) is 5.10 Å². The van der Waals surface area contributed by atoms with E-state index in [0.29, 0.717) is 18.6 Å². The van der Waals surface area contributed by atoms with Gasteiger partial charge in [-0.1, -0.05) is 30.1 Å². The van der Waals surface area contributed by atoms with Crippen molar-refractivity contribution >= 4 is 35.0 Å². The number of carboxylic acids is 1. The number of nitrogens with two attached hydrogens (primary N) is 1. The van der Waals surface area contributed by atoms with Gasteiger partial charge in [0.2, 0.25) is 0 Å². The van der Waals surface area contributed by atoms with Crippen molar-refractivity contribution in [3.8, 4) is 11.8 Å². The maximum Gasteiger partial charge on any atom is 0.416 e. The molecule has 11 heteroatoms. The molecule has 0 spiro atoms. The van der Waals surface area contributed by atoms with Gasteiger partial charge in [0.1, 0.15) is 23.0 Å². The Morgan fingerprint density at radius 3 is 2.36 bits per heavy atom. The van der Waals surface area contributed by atoms with Gasteiger partial charge in [0.05, 0.1) is 21.2 Å². The van der Waals surface area contributed by atoms with Gasteiger partial charge in [-0.15, -0.1) is 0 Å². The molecule has 148 valence electrons. The van der Waals surface area contributed by atoms with E-state index in [1.165, 1.54) is 0 Å². The lowest BCUT2D eigenvalue weighted by molar-refractivity contribution is -0.151. The highest BCUT2D eigenvalue weighted by Gasteiger charge is 2.55. The normalized spacial score (nSPS) is 21.8. The van der Waals surface area contributed by atoms with Crippen molar-refractivity contribution in [1.29, 1.82) is 5.26 Å². The number of aromatic nitrogens is 2. The molecular formula is C17H13Cl2F3N4O2. The van der Waals surface area contributed by atoms with E-state index in [9.17, 15) is 28.3 Å². The first-order chi connectivity index (χ1) is 12.9. The third kappa shape index (κ3) is 2.79. The fraction of sp³-hybridized carbons (Fsp3) is 0.353. The summed E-state index contributed by atoms with van der Waals surface area (Å²) in [5, 5.41) is 22.5. The van der Waals surface area contributed by atoms with Crippen molar-refractivity contribution in [2.75, 3.05) is 5.73 Å². The highest BCUT2D eigenvalue weighted by atomic mass is 35.5. The minimum atomic E-state index is -4.67. The van der Waals surface area contributed by atoms with Gasteiger partial charge in [-0.05, 0) is 30.9 Å². The van der Waals surface area contributed by atoms with E-state index in [1.54, 1.807) is 6.92 Å². The lowest BCUT2D eigenvalue weighted by Gasteiger charge is -2.44. The number of carboxylic acid groups (broad SMARTS) is 1. The van der Waals surface area contributed by atoms with Crippen molar-refractivity contribution in [3.63, 3.8) is 0 Å². The first-order valence-corrected chi connectivity index (χ1v) is 8.79. The largest absolute Gasteiger partial charge is 0.481 e. The number of rotatable bonds is 3. The molecule has 3 rings (SSSR count). The number of carbonyl (C=O) groups is 1. The molecule has 0 amide bonds. The standard InChI is InChI=1S/C17H13Cl2F3N4O2/c1-7-2-3-16(7,15(27)28)12-11(6-23)25-26(14(12)24)13-9(18)4-8(5-10(13)19)17(20,21)22/h4-5,7H,2-3,24H2,1H3,(H,27,28). The molecule has 1 heterocycles. The maximum atomic E-state index is 13.0. The Hall–Kier alpha value is -2.44. The van der Waals surface area contributed by atoms with Crippen LogP contribution >= 0.6 is 23.2 Å². The fourth-order valence-corrected chi connectivity index (χ4v) is 4.22. The van der Waals surface area contributed by atoms with E-state index in [-0.39, 0.29) is 35.1 Å². The summed E-state index contributed by atoms with van der Waals surface area (Å²) in [5.74, 6) is -1.66. The van der Waals surface area contributed by atoms with Crippen LogP contribution in [0.15, 0.2) is 12.1 Å². The smallest absolute Gasteiger partial charge is 0.416 e. The van der Waals surface area contributed by atoms with Crippen molar-refractivity contribution in [1.82, 2.24) is 9.78 Å². The van der Waals surface area contributed by atoms with Crippen LogP contribution in [-0.4, -0.2) is 20.9 Å². The van der Waals surface area contributed by atoms with Gasteiger partial charge < -0.3 is 10.8 Å². The second-order valence-electron chi connectivity index (χ2n) is 6.63. The number of anilines is 1. The zero-order chi connectivity index (χ0) is 21.0. The Bertz CT molecular complexity index is 1010. The molecule has 1 aliphatic carbocycles. The summed E-state index contributed by atoms with van der Waals surface area (Å²) < 4.78 is 39.8. The van der Waals surface area contributed by atoms with Crippen LogP contribution in [-0.2, 0) is 16.4 Å². The van der Waals surface area contributed by atoms with Crippen LogP contribution in [0.5, 0.6) is 0 Å². The van der Waals surface area contributed by atoms with Crippen molar-refractivity contribution < 1.29 is 23.1 Å². The zero-order valence-electron chi connectivity index (χ0n) is 14.3. The van der Waals surface area contributed by atoms with E-state index in [1.807, 2.05) is 6.07 Å². The van der Waals surface area contributed by atoms with Gasteiger partial charge in [-0.3, -0.25) is 4.79 Å². The maximum absolute atomic E-state index is 13.0. The minimum absolute atomic E-state index is 0.0216. The summed E-state index contributed by atoms with van der Waals surface area (Å²) in [6.07, 6.45) is -3.80. The number of nitriles is 1. The van der Waals surface area contributed by atoms with Crippen LogP contribution in [0.1, 0.15) is 36.6 Å². The molecule has 6 nitrogen and oxygen atoms in total. The van der Waals surface area contributed by atoms with E-state index in [0.717, 1.165) is 4.68 Å². The van der Waals surface area contributed by atoms with Gasteiger partial charge in [0, 0.05) is 0 Å². The molecule has 0 radical (unpaired) electrons. The summed E-state index contributed by atoms with van der Waals surface area (Å²) >= 11 is 12.0. The third-order valence-corrected chi connectivity index (χ3v) is 5.80. The third-order valence-electron chi connectivity index (χ3n) is 5.22. The highest BCUT2D eigenvalue weighted by molar-refractivity contribution is 6.38. The quantitative estimate of drug-likeness (QED) is 0.747. The van der Waals surface area contributed by atoms with Crippen LogP contribution in [0.3, 0.4) is 0 Å². The van der Waals surface area contributed by atoms with E-state index < -0.39 is 33.2 Å². The molecular weight excluding hydrogens is 420 g/mol. The summed E-state index contributed by atoms with van der Waals surface area (Å²) in [6, 6.07) is 3.13. The van der Waals surface area contributed by atoms with Crippen LogP contribution in [0.25, 0.3) is 5.69 Å². The van der Waals surface area contributed by atoms with E-state index in [4.69, 9.17) is 28.9 Å². The van der Waals surface area contributed by atoms with Crippen LogP contribution in [0, 0.1) is 17.2 Å². The predicted molar refractivity (Wildman–Crippen MR) is 95.4 cm³/mol. The SMILES string of the molecule is CC1CCC1(C(=O)O)c1c(C#N)nn(-c2c(Cl)cc(C(F)(F)F)cc2Cl)c1N. The first kappa shape index (κ1) is 20.3. The number of benzene rings is 1. The van der Waals surface area contributed by atoms with Gasteiger partial charge >= 0.3 is 12.1 Å². The molecule has 0 bridgehead atoms. The van der Waals surface area contributed by atoms with Crippen LogP contribution < -0.4 is 5.73 Å². The first-order valence-electron chi connectivity index (χ1n) is 8.04. The number of alkyl halides is 3. The molecule has 2 atom stereocenters. The molecule has 1 aromatic carbocycles. The average Bonchev–Trinajstić information content (AvgIpc) is 2.89. The van der Waals surface area contributed by atoms with Crippen molar-refractivity contribution in [2.24, 2.45) is 5.92 Å². The molecule has 1 saturated carbocycles. The van der Waals surface area contributed by atoms with Crippen LogP contribution in [0.2, 0.25) is 10.0 Å². The van der Waals surface area contributed by atoms with Crippen molar-refractivity contribution in [3.05, 3.63) is 39.0 Å². The Balaban J connectivity index is 2.26. The predicted octanol–water partition coefficient (Wildman–Crippen LogP) is 4.40. The molecule has 0 saturated heterocycles. The summed E-state index contributed by atoms with van der Waals surface area (Å²) in [7, 11) is 0. The zero-order valence-corrected chi connectivity index (χ0v) is 15.8. The monoisotopic (exact) mass is 432 g/mol. The van der Waals surface area contributed by atoms with Crippen molar-refractivity contribution in [2.45, 2.75) is 31.4 Å². The number of hydrogen-bond acceptors (Lipinski definition) is 4. The van der Waals surface area contributed by atoms with Crippen LogP contribution in [0.4, 0.5) is 19.0 Å². The minimum Gasteiger partial charge on any atom is -0.481 e. The average molecular weight is 433 g/mol. The highest BCUT2D eigenvalue weighted by Crippen LogP contribution is 2.52.